The van der Waals surface area contributed by atoms with E-state index in [0.29, 0.717) is 27.3 Å². The fourth-order valence-electron chi connectivity index (χ4n) is 4.70. The van der Waals surface area contributed by atoms with Crippen LogP contribution < -0.4 is 14.8 Å². The second-order valence-electron chi connectivity index (χ2n) is 8.86. The Morgan fingerprint density at radius 3 is 2.52 bits per heavy atom. The topological polar surface area (TPSA) is 50.7 Å². The predicted molar refractivity (Wildman–Crippen MR) is 136 cm³/mol. The number of halogens is 2. The van der Waals surface area contributed by atoms with Gasteiger partial charge in [-0.1, -0.05) is 41.4 Å². The monoisotopic (exact) mass is 479 g/mol. The summed E-state index contributed by atoms with van der Waals surface area (Å²) in [7, 11) is 1.55. The summed E-state index contributed by atoms with van der Waals surface area (Å²) in [5.74, 6) is 1.73. The highest BCUT2D eigenvalue weighted by molar-refractivity contribution is 6.42. The molecule has 168 valence electrons. The molecule has 2 N–H and O–H groups in total. The number of ether oxygens (including phenoxy) is 2. The van der Waals surface area contributed by atoms with Gasteiger partial charge >= 0.3 is 0 Å². The molecule has 33 heavy (non-hydrogen) atoms. The Morgan fingerprint density at radius 1 is 1.00 bits per heavy atom. The Bertz CT molecular complexity index is 1370. The van der Waals surface area contributed by atoms with Crippen molar-refractivity contribution in [2.24, 2.45) is 0 Å². The quantitative estimate of drug-likeness (QED) is 0.392. The van der Waals surface area contributed by atoms with Gasteiger partial charge < -0.3 is 19.9 Å². The van der Waals surface area contributed by atoms with Gasteiger partial charge in [-0.2, -0.15) is 0 Å². The van der Waals surface area contributed by atoms with Crippen LogP contribution in [0, 0.1) is 0 Å². The van der Waals surface area contributed by atoms with Crippen molar-refractivity contribution in [1.82, 2.24) is 0 Å². The number of fused-ring (bicyclic) bond motifs is 5. The number of phenols is 1. The number of anilines is 1. The summed E-state index contributed by atoms with van der Waals surface area (Å²) in [4.78, 5) is 0. The van der Waals surface area contributed by atoms with Gasteiger partial charge in [0.05, 0.1) is 28.3 Å². The summed E-state index contributed by atoms with van der Waals surface area (Å²) in [5.41, 5.74) is 6.45. The maximum absolute atomic E-state index is 10.5. The summed E-state index contributed by atoms with van der Waals surface area (Å²) < 4.78 is 12.0. The molecule has 0 fully saturated rings. The zero-order valence-electron chi connectivity index (χ0n) is 18.7. The van der Waals surface area contributed by atoms with Crippen molar-refractivity contribution >= 4 is 46.3 Å². The smallest absolute Gasteiger partial charge is 0.172 e. The highest BCUT2D eigenvalue weighted by atomic mass is 35.5. The Kier molecular flexibility index (Phi) is 5.11. The maximum atomic E-state index is 10.5. The molecule has 2 aliphatic heterocycles. The van der Waals surface area contributed by atoms with Crippen LogP contribution in [-0.2, 0) is 0 Å². The van der Waals surface area contributed by atoms with Crippen LogP contribution in [0.4, 0.5) is 5.69 Å². The molecular weight excluding hydrogens is 457 g/mol. The molecule has 5 rings (SSSR count). The second-order valence-corrected chi connectivity index (χ2v) is 9.67. The molecule has 0 saturated carbocycles. The Hall–Kier alpha value is -3.08. The summed E-state index contributed by atoms with van der Waals surface area (Å²) in [6, 6.07) is 12.9. The first-order chi connectivity index (χ1) is 15.7. The minimum atomic E-state index is -0.178. The molecule has 0 radical (unpaired) electrons. The van der Waals surface area contributed by atoms with Crippen LogP contribution in [0.3, 0.4) is 0 Å². The van der Waals surface area contributed by atoms with E-state index in [4.69, 9.17) is 32.7 Å². The summed E-state index contributed by atoms with van der Waals surface area (Å²) in [6.07, 6.45) is 4.16. The lowest BCUT2D eigenvalue weighted by Crippen LogP contribution is -2.32. The molecule has 0 bridgehead atoms. The number of rotatable bonds is 2. The van der Waals surface area contributed by atoms with E-state index in [9.17, 15) is 5.11 Å². The highest BCUT2D eigenvalue weighted by Crippen LogP contribution is 2.54. The Labute approximate surface area is 203 Å². The van der Waals surface area contributed by atoms with Crippen molar-refractivity contribution in [1.29, 1.82) is 0 Å². The average molecular weight is 480 g/mol. The van der Waals surface area contributed by atoms with E-state index >= 15 is 0 Å². The molecule has 3 aromatic carbocycles. The number of aromatic hydroxyl groups is 1. The number of benzene rings is 3. The number of methoxy groups -OCH3 is 1. The lowest BCUT2D eigenvalue weighted by molar-refractivity contribution is 0.371. The molecule has 3 aromatic rings. The van der Waals surface area contributed by atoms with Crippen LogP contribution in [0.1, 0.15) is 37.5 Å². The molecule has 0 saturated heterocycles. The molecule has 2 heterocycles. The fraction of sp³-hybridized carbons (Fsp3) is 0.185. The molecule has 2 aliphatic rings. The predicted octanol–water partition coefficient (Wildman–Crippen LogP) is 7.87. The van der Waals surface area contributed by atoms with Crippen molar-refractivity contribution in [3.05, 3.63) is 75.3 Å². The third-order valence-corrected chi connectivity index (χ3v) is 6.65. The zero-order valence-corrected chi connectivity index (χ0v) is 20.2. The van der Waals surface area contributed by atoms with Crippen molar-refractivity contribution in [3.63, 3.8) is 0 Å². The molecular formula is C27H23Cl2NO3. The molecule has 0 aromatic heterocycles. The Morgan fingerprint density at radius 2 is 1.79 bits per heavy atom. The van der Waals surface area contributed by atoms with Gasteiger partial charge in [0, 0.05) is 22.4 Å². The van der Waals surface area contributed by atoms with Crippen LogP contribution >= 0.6 is 23.2 Å². The first-order valence-corrected chi connectivity index (χ1v) is 11.3. The summed E-state index contributed by atoms with van der Waals surface area (Å²) >= 11 is 12.4. The SMILES string of the molecule is COc1c(O)ccc2c1-c1ccc3c(c1/C(=C/c1ccc(Cl)c(Cl)c1)O2)C(C)=CC(C)(C)N3. The zero-order chi connectivity index (χ0) is 23.5. The number of hydrogen-bond acceptors (Lipinski definition) is 4. The fourth-order valence-corrected chi connectivity index (χ4v) is 5.01. The first-order valence-electron chi connectivity index (χ1n) is 10.6. The van der Waals surface area contributed by atoms with Crippen LogP contribution in [0.15, 0.2) is 48.5 Å². The van der Waals surface area contributed by atoms with E-state index in [1.807, 2.05) is 24.3 Å². The van der Waals surface area contributed by atoms with Crippen LogP contribution in [0.25, 0.3) is 28.5 Å². The summed E-state index contributed by atoms with van der Waals surface area (Å²) in [6.45, 7) is 6.38. The van der Waals surface area contributed by atoms with Gasteiger partial charge in [-0.05, 0) is 68.3 Å². The van der Waals surface area contributed by atoms with Gasteiger partial charge in [-0.3, -0.25) is 0 Å². The molecule has 6 heteroatoms. The lowest BCUT2D eigenvalue weighted by atomic mass is 9.83. The molecule has 4 nitrogen and oxygen atoms in total. The average Bonchev–Trinajstić information content (AvgIpc) is 2.75. The van der Waals surface area contributed by atoms with E-state index in [0.717, 1.165) is 39.1 Å². The standard InChI is InChI=1S/C27H23Cl2NO3/c1-14-13-27(2,3)30-19-8-6-16-24(23(14)19)22(12-15-5-7-17(28)18(29)11-15)33-21-10-9-20(31)26(32-4)25(16)21/h5-13,30-31H,1-4H3/b22-12-. The van der Waals surface area contributed by atoms with Gasteiger partial charge in [0.25, 0.3) is 0 Å². The molecule has 0 amide bonds. The third-order valence-electron chi connectivity index (χ3n) is 5.91. The largest absolute Gasteiger partial charge is 0.504 e. The number of nitrogens with one attached hydrogen (secondary N) is 1. The van der Waals surface area contributed by atoms with E-state index in [-0.39, 0.29) is 11.3 Å². The second kappa shape index (κ2) is 7.75. The lowest BCUT2D eigenvalue weighted by Gasteiger charge is -2.35. The molecule has 0 aliphatic carbocycles. The molecule has 0 atom stereocenters. The van der Waals surface area contributed by atoms with Gasteiger partial charge in [0.1, 0.15) is 11.5 Å². The van der Waals surface area contributed by atoms with Crippen molar-refractivity contribution in [3.8, 4) is 28.4 Å². The molecule has 0 unspecified atom stereocenters. The molecule has 0 spiro atoms. The normalized spacial score (nSPS) is 16.7. The number of phenolic OH excluding ortho intramolecular Hbond substituents is 1. The van der Waals surface area contributed by atoms with Crippen molar-refractivity contribution in [2.45, 2.75) is 26.3 Å². The number of allylic oxidation sites excluding steroid dienone is 1. The van der Waals surface area contributed by atoms with Crippen molar-refractivity contribution in [2.75, 3.05) is 12.4 Å². The minimum Gasteiger partial charge on any atom is -0.504 e. The van der Waals surface area contributed by atoms with E-state index in [1.165, 1.54) is 0 Å². The van der Waals surface area contributed by atoms with Crippen LogP contribution in [0.2, 0.25) is 10.0 Å². The highest BCUT2D eigenvalue weighted by Gasteiger charge is 2.33. The van der Waals surface area contributed by atoms with Crippen LogP contribution in [0.5, 0.6) is 17.2 Å². The van der Waals surface area contributed by atoms with Gasteiger partial charge in [0.15, 0.2) is 11.5 Å². The number of hydrogen-bond donors (Lipinski definition) is 2. The summed E-state index contributed by atoms with van der Waals surface area (Å²) in [5, 5.41) is 15.0. The van der Waals surface area contributed by atoms with Gasteiger partial charge in [-0.25, -0.2) is 0 Å². The van der Waals surface area contributed by atoms with E-state index < -0.39 is 0 Å². The maximum Gasteiger partial charge on any atom is 0.172 e. The third kappa shape index (κ3) is 3.64. The minimum absolute atomic E-state index is 0.0620. The van der Waals surface area contributed by atoms with Crippen molar-refractivity contribution < 1.29 is 14.6 Å². The van der Waals surface area contributed by atoms with Gasteiger partial charge in [-0.15, -0.1) is 0 Å². The first kappa shape index (κ1) is 21.7. The van der Waals surface area contributed by atoms with E-state index in [1.54, 1.807) is 25.3 Å². The van der Waals surface area contributed by atoms with E-state index in [2.05, 4.69) is 38.2 Å². The van der Waals surface area contributed by atoms with Crippen LogP contribution in [-0.4, -0.2) is 17.8 Å². The van der Waals surface area contributed by atoms with Gasteiger partial charge in [0.2, 0.25) is 0 Å². The Balaban J connectivity index is 1.83.